The second kappa shape index (κ2) is 6.47. The lowest BCUT2D eigenvalue weighted by Gasteiger charge is -2.49. The monoisotopic (exact) mass is 326 g/mol. The number of esters is 1. The number of carbonyl (C=O) groups is 3. The summed E-state index contributed by atoms with van der Waals surface area (Å²) in [7, 11) is 1.89. The van der Waals surface area contributed by atoms with E-state index in [1.165, 1.54) is 0 Å². The van der Waals surface area contributed by atoms with Crippen LogP contribution >= 0.6 is 0 Å². The van der Waals surface area contributed by atoms with Crippen LogP contribution in [-0.2, 0) is 19.1 Å². The number of amides is 1. The van der Waals surface area contributed by atoms with Gasteiger partial charge in [-0.15, -0.1) is 0 Å². The van der Waals surface area contributed by atoms with E-state index in [-0.39, 0.29) is 37.4 Å². The summed E-state index contributed by atoms with van der Waals surface area (Å²) in [6.45, 7) is 8.11. The van der Waals surface area contributed by atoms with Crippen LogP contribution in [-0.4, -0.2) is 72.1 Å². The number of ether oxygens (including phenoxy) is 2. The first-order chi connectivity index (χ1) is 10.6. The van der Waals surface area contributed by atoms with Crippen molar-refractivity contribution in [1.29, 1.82) is 0 Å². The fourth-order valence-corrected chi connectivity index (χ4v) is 3.20. The van der Waals surface area contributed by atoms with Gasteiger partial charge in [-0.25, -0.2) is 4.79 Å². The minimum atomic E-state index is -0.832. The van der Waals surface area contributed by atoms with Gasteiger partial charge in [0.15, 0.2) is 0 Å². The molecule has 0 N–H and O–H groups in total. The summed E-state index contributed by atoms with van der Waals surface area (Å²) in [5.74, 6) is -1.43. The van der Waals surface area contributed by atoms with Crippen molar-refractivity contribution in [2.45, 2.75) is 51.8 Å². The van der Waals surface area contributed by atoms with Gasteiger partial charge in [0.2, 0.25) is 0 Å². The molecule has 0 unspecified atom stereocenters. The zero-order valence-electron chi connectivity index (χ0n) is 14.5. The summed E-state index contributed by atoms with van der Waals surface area (Å²) >= 11 is 0. The number of likely N-dealkylation sites (N-methyl/N-ethyl adjacent to an activating group) is 1. The van der Waals surface area contributed by atoms with Gasteiger partial charge in [-0.1, -0.05) is 0 Å². The number of Topliss-reactive ketones (excluding diaryl/α,β-unsaturated/α-hetero) is 1. The van der Waals surface area contributed by atoms with Crippen LogP contribution in [0.15, 0.2) is 0 Å². The molecule has 2 saturated heterocycles. The van der Waals surface area contributed by atoms with Crippen molar-refractivity contribution in [3.8, 4) is 0 Å². The van der Waals surface area contributed by atoms with Gasteiger partial charge in [0.25, 0.3) is 0 Å². The van der Waals surface area contributed by atoms with E-state index in [0.717, 1.165) is 0 Å². The third-order valence-corrected chi connectivity index (χ3v) is 4.30. The zero-order valence-corrected chi connectivity index (χ0v) is 14.5. The van der Waals surface area contributed by atoms with Gasteiger partial charge >= 0.3 is 12.1 Å². The van der Waals surface area contributed by atoms with E-state index in [1.807, 2.05) is 32.7 Å². The van der Waals surface area contributed by atoms with Crippen LogP contribution in [0.1, 0.15) is 34.1 Å². The van der Waals surface area contributed by atoms with Crippen LogP contribution in [0.5, 0.6) is 0 Å². The lowest BCUT2D eigenvalue weighted by Crippen LogP contribution is -2.67. The molecule has 2 heterocycles. The molecule has 7 nitrogen and oxygen atoms in total. The molecule has 23 heavy (non-hydrogen) atoms. The van der Waals surface area contributed by atoms with Crippen molar-refractivity contribution in [2.24, 2.45) is 5.92 Å². The lowest BCUT2D eigenvalue weighted by molar-refractivity contribution is -0.161. The zero-order chi connectivity index (χ0) is 17.4. The number of nitrogens with zero attached hydrogens (tertiary/aromatic N) is 2. The highest BCUT2D eigenvalue weighted by molar-refractivity contribution is 6.01. The minimum absolute atomic E-state index is 0.0838. The highest BCUT2D eigenvalue weighted by Crippen LogP contribution is 2.31. The second-order valence-electron chi connectivity index (χ2n) is 7.17. The Morgan fingerprint density at radius 1 is 1.26 bits per heavy atom. The van der Waals surface area contributed by atoms with Gasteiger partial charge in [0.1, 0.15) is 17.3 Å². The number of carbonyl (C=O) groups excluding carboxylic acids is 3. The minimum Gasteiger partial charge on any atom is -0.465 e. The van der Waals surface area contributed by atoms with Crippen LogP contribution in [0.3, 0.4) is 0 Å². The number of hydrogen-bond donors (Lipinski definition) is 0. The van der Waals surface area contributed by atoms with Crippen molar-refractivity contribution in [3.63, 3.8) is 0 Å². The van der Waals surface area contributed by atoms with Gasteiger partial charge in [0, 0.05) is 31.6 Å². The molecule has 0 saturated carbocycles. The number of likely N-dealkylation sites (tertiary alicyclic amines) is 1. The summed E-state index contributed by atoms with van der Waals surface area (Å²) in [6, 6.07) is -0.444. The molecule has 0 aromatic heterocycles. The Bertz CT molecular complexity index is 491. The van der Waals surface area contributed by atoms with Crippen molar-refractivity contribution < 1.29 is 23.9 Å². The fourth-order valence-electron chi connectivity index (χ4n) is 3.20. The van der Waals surface area contributed by atoms with Crippen LogP contribution in [0.2, 0.25) is 0 Å². The molecule has 0 aromatic rings. The first kappa shape index (κ1) is 17.7. The molecule has 2 rings (SSSR count). The van der Waals surface area contributed by atoms with E-state index in [1.54, 1.807) is 11.8 Å². The standard InChI is InChI=1S/C16H26N2O5/c1-6-22-14(20)13-11-9-18(15(21)23-16(2,3)4)8-10(17(11)5)7-12(13)19/h10-11,13H,6-9H2,1-5H3/t10-,11+,13-/m0/s1. The number of rotatable bonds is 2. The maximum Gasteiger partial charge on any atom is 0.410 e. The Kier molecular flexibility index (Phi) is 4.98. The predicted octanol–water partition coefficient (Wildman–Crippen LogP) is 1.06. The molecule has 2 fully saturated rings. The van der Waals surface area contributed by atoms with E-state index in [9.17, 15) is 14.4 Å². The summed E-state index contributed by atoms with van der Waals surface area (Å²) in [6.07, 6.45) is -0.159. The van der Waals surface area contributed by atoms with Crippen LogP contribution < -0.4 is 0 Å². The third-order valence-electron chi connectivity index (χ3n) is 4.30. The van der Waals surface area contributed by atoms with Crippen molar-refractivity contribution in [2.75, 3.05) is 26.7 Å². The molecule has 0 aromatic carbocycles. The Morgan fingerprint density at radius 3 is 2.48 bits per heavy atom. The molecule has 0 radical (unpaired) electrons. The van der Waals surface area contributed by atoms with Crippen molar-refractivity contribution >= 4 is 17.8 Å². The summed E-state index contributed by atoms with van der Waals surface area (Å²) in [4.78, 5) is 40.4. The van der Waals surface area contributed by atoms with Gasteiger partial charge in [-0.3, -0.25) is 14.5 Å². The summed E-state index contributed by atoms with van der Waals surface area (Å²) in [5.41, 5.74) is -0.577. The van der Waals surface area contributed by atoms with E-state index < -0.39 is 23.6 Å². The number of piperidine rings is 1. The van der Waals surface area contributed by atoms with Crippen LogP contribution in [0, 0.1) is 5.92 Å². The SMILES string of the molecule is CCOC(=O)[C@@H]1C(=O)C[C@H]2CN(C(=O)OC(C)(C)C)C[C@H]1N2C. The molecule has 2 aliphatic heterocycles. The van der Waals surface area contributed by atoms with E-state index in [2.05, 4.69) is 0 Å². The molecule has 0 aliphatic carbocycles. The predicted molar refractivity (Wildman–Crippen MR) is 82.9 cm³/mol. The number of ketones is 1. The largest absolute Gasteiger partial charge is 0.465 e. The van der Waals surface area contributed by atoms with Gasteiger partial charge in [0.05, 0.1) is 6.61 Å². The quantitative estimate of drug-likeness (QED) is 0.558. The summed E-state index contributed by atoms with van der Waals surface area (Å²) < 4.78 is 10.5. The van der Waals surface area contributed by atoms with Gasteiger partial charge in [-0.2, -0.15) is 0 Å². The van der Waals surface area contributed by atoms with Gasteiger partial charge < -0.3 is 14.4 Å². The normalized spacial score (nSPS) is 28.5. The number of fused-ring (bicyclic) bond motifs is 2. The van der Waals surface area contributed by atoms with E-state index in [0.29, 0.717) is 6.54 Å². The third kappa shape index (κ3) is 3.83. The molecule has 2 aliphatic rings. The fraction of sp³-hybridized carbons (Fsp3) is 0.812. The average Bonchev–Trinajstić information content (AvgIpc) is 2.38. The van der Waals surface area contributed by atoms with Gasteiger partial charge in [-0.05, 0) is 34.7 Å². The number of hydrogen-bond acceptors (Lipinski definition) is 6. The topological polar surface area (TPSA) is 76.2 Å². The number of piperazine rings is 1. The molecule has 130 valence electrons. The van der Waals surface area contributed by atoms with Crippen LogP contribution in [0.4, 0.5) is 4.79 Å². The maximum absolute atomic E-state index is 12.3. The molecule has 1 amide bonds. The van der Waals surface area contributed by atoms with E-state index >= 15 is 0 Å². The maximum atomic E-state index is 12.3. The average molecular weight is 326 g/mol. The smallest absolute Gasteiger partial charge is 0.410 e. The Balaban J connectivity index is 2.16. The molecule has 0 spiro atoms. The van der Waals surface area contributed by atoms with E-state index in [4.69, 9.17) is 9.47 Å². The highest BCUT2D eigenvalue weighted by Gasteiger charge is 2.50. The highest BCUT2D eigenvalue weighted by atomic mass is 16.6. The summed E-state index contributed by atoms with van der Waals surface area (Å²) in [5, 5.41) is 0. The Labute approximate surface area is 136 Å². The molecule has 7 heteroatoms. The van der Waals surface area contributed by atoms with Crippen molar-refractivity contribution in [1.82, 2.24) is 9.80 Å². The van der Waals surface area contributed by atoms with Crippen molar-refractivity contribution in [3.05, 3.63) is 0 Å². The van der Waals surface area contributed by atoms with Crippen LogP contribution in [0.25, 0.3) is 0 Å². The molecule has 3 atom stereocenters. The Morgan fingerprint density at radius 2 is 1.91 bits per heavy atom. The molecular formula is C16H26N2O5. The molecule has 2 bridgehead atoms. The first-order valence-electron chi connectivity index (χ1n) is 8.03. The lowest BCUT2D eigenvalue weighted by atomic mass is 9.81. The second-order valence-corrected chi connectivity index (χ2v) is 7.17. The Hall–Kier alpha value is -1.63. The molecular weight excluding hydrogens is 300 g/mol. The first-order valence-corrected chi connectivity index (χ1v) is 8.03.